The number of aliphatic carboxylic acids is 2. The van der Waals surface area contributed by atoms with E-state index in [1.54, 1.807) is 0 Å². The Kier molecular flexibility index (Phi) is 7.16. The molecule has 0 aliphatic carbocycles. The second kappa shape index (κ2) is 7.59. The van der Waals surface area contributed by atoms with Crippen LogP contribution >= 0.6 is 0 Å². The molecule has 0 saturated carbocycles. The summed E-state index contributed by atoms with van der Waals surface area (Å²) in [6, 6.07) is 0. The third-order valence-electron chi connectivity index (χ3n) is 2.81. The molecule has 1 aliphatic heterocycles. The molecular formula is C14H26O6. The second-order valence-electron chi connectivity index (χ2n) is 6.52. The fourth-order valence-corrected chi connectivity index (χ4v) is 2.03. The van der Waals surface area contributed by atoms with Crippen LogP contribution in [-0.2, 0) is 19.4 Å². The van der Waals surface area contributed by atoms with Crippen LogP contribution in [-0.4, -0.2) is 33.9 Å². The molecule has 0 amide bonds. The molecule has 6 nitrogen and oxygen atoms in total. The Labute approximate surface area is 120 Å². The van der Waals surface area contributed by atoms with Gasteiger partial charge in [-0.1, -0.05) is 20.8 Å². The Hall–Kier alpha value is -1.14. The highest BCUT2D eigenvalue weighted by Crippen LogP contribution is 2.40. The van der Waals surface area contributed by atoms with Crippen molar-refractivity contribution in [2.45, 2.75) is 72.0 Å². The van der Waals surface area contributed by atoms with Crippen LogP contribution in [0.3, 0.4) is 0 Å². The molecule has 2 N–H and O–H groups in total. The van der Waals surface area contributed by atoms with E-state index in [0.29, 0.717) is 12.8 Å². The maximum absolute atomic E-state index is 9.90. The van der Waals surface area contributed by atoms with E-state index in [-0.39, 0.29) is 30.0 Å². The van der Waals surface area contributed by atoms with E-state index in [1.807, 2.05) is 13.8 Å². The van der Waals surface area contributed by atoms with Crippen LogP contribution in [0.4, 0.5) is 0 Å². The first-order valence-corrected chi connectivity index (χ1v) is 6.75. The molecule has 20 heavy (non-hydrogen) atoms. The van der Waals surface area contributed by atoms with Crippen LogP contribution in [0.5, 0.6) is 0 Å². The molecule has 0 radical (unpaired) electrons. The second-order valence-corrected chi connectivity index (χ2v) is 6.52. The number of unbranched alkanes of at least 4 members (excludes halogenated alkanes) is 1. The van der Waals surface area contributed by atoms with Crippen LogP contribution in [0.1, 0.15) is 60.3 Å². The van der Waals surface area contributed by atoms with Crippen molar-refractivity contribution in [2.75, 3.05) is 0 Å². The van der Waals surface area contributed by atoms with Crippen molar-refractivity contribution in [1.29, 1.82) is 0 Å². The predicted octanol–water partition coefficient (Wildman–Crippen LogP) is 2.86. The number of hydrogen-bond acceptors (Lipinski definition) is 4. The minimum absolute atomic E-state index is 0.0628. The number of rotatable bonds is 5. The number of hydrogen-bond donors (Lipinski definition) is 2. The molecule has 6 heteroatoms. The fourth-order valence-electron chi connectivity index (χ4n) is 2.03. The van der Waals surface area contributed by atoms with Crippen molar-refractivity contribution in [3.05, 3.63) is 0 Å². The molecular weight excluding hydrogens is 264 g/mol. The highest BCUT2D eigenvalue weighted by atomic mass is 17.3. The third-order valence-corrected chi connectivity index (χ3v) is 2.81. The van der Waals surface area contributed by atoms with Gasteiger partial charge in [-0.2, -0.15) is 0 Å². The molecule has 1 rings (SSSR count). The highest BCUT2D eigenvalue weighted by Gasteiger charge is 2.49. The fraction of sp³-hybridized carbons (Fsp3) is 0.857. The van der Waals surface area contributed by atoms with E-state index in [2.05, 4.69) is 20.8 Å². The molecule has 1 aliphatic rings. The molecule has 0 aromatic heterocycles. The van der Waals surface area contributed by atoms with E-state index >= 15 is 0 Å². The summed E-state index contributed by atoms with van der Waals surface area (Å²) in [5, 5.41) is 16.3. The van der Waals surface area contributed by atoms with Crippen molar-refractivity contribution in [3.8, 4) is 0 Å². The van der Waals surface area contributed by atoms with Crippen molar-refractivity contribution >= 4 is 11.9 Å². The largest absolute Gasteiger partial charge is 0.481 e. The van der Waals surface area contributed by atoms with Gasteiger partial charge < -0.3 is 10.2 Å². The van der Waals surface area contributed by atoms with Gasteiger partial charge in [-0.25, -0.2) is 9.78 Å². The molecule has 1 atom stereocenters. The zero-order chi connectivity index (χ0) is 16.0. The monoisotopic (exact) mass is 290 g/mol. The first kappa shape index (κ1) is 18.9. The standard InChI is InChI=1S/C8H16O2.C6H10O4/c1-7(2,3)6-8(4,5)10-9-6;7-5(8)3-1-2-4-6(9)10/h6H,1-5H3;1-4H2,(H,7,8)(H,9,10). The zero-order valence-electron chi connectivity index (χ0n) is 12.9. The van der Waals surface area contributed by atoms with Crippen molar-refractivity contribution in [1.82, 2.24) is 0 Å². The summed E-state index contributed by atoms with van der Waals surface area (Å²) in [4.78, 5) is 29.8. The SMILES string of the molecule is CC(C)(C)C1OOC1(C)C.O=C(O)CCCCC(=O)O. The quantitative estimate of drug-likeness (QED) is 0.597. The molecule has 1 heterocycles. The maximum Gasteiger partial charge on any atom is 0.303 e. The van der Waals surface area contributed by atoms with E-state index in [9.17, 15) is 9.59 Å². The first-order valence-electron chi connectivity index (χ1n) is 6.75. The average molecular weight is 290 g/mol. The van der Waals surface area contributed by atoms with Gasteiger partial charge in [0.15, 0.2) is 0 Å². The van der Waals surface area contributed by atoms with Gasteiger partial charge in [-0.05, 0) is 32.1 Å². The van der Waals surface area contributed by atoms with E-state index < -0.39 is 11.9 Å². The lowest BCUT2D eigenvalue weighted by Gasteiger charge is -2.48. The average Bonchev–Trinajstić information content (AvgIpc) is 2.21. The molecule has 1 fully saturated rings. The van der Waals surface area contributed by atoms with E-state index in [1.165, 1.54) is 0 Å². The third kappa shape index (κ3) is 7.45. The van der Waals surface area contributed by atoms with Gasteiger partial charge in [0.05, 0.1) is 0 Å². The summed E-state index contributed by atoms with van der Waals surface area (Å²) < 4.78 is 0. The number of carboxylic acids is 2. The van der Waals surface area contributed by atoms with Crippen LogP contribution in [0.25, 0.3) is 0 Å². The molecule has 0 spiro atoms. The summed E-state index contributed by atoms with van der Waals surface area (Å²) >= 11 is 0. The Morgan fingerprint density at radius 3 is 1.55 bits per heavy atom. The number of carbonyl (C=O) groups is 2. The Bertz CT molecular complexity index is 303. The lowest BCUT2D eigenvalue weighted by molar-refractivity contribution is -0.516. The Morgan fingerprint density at radius 2 is 1.45 bits per heavy atom. The van der Waals surface area contributed by atoms with E-state index in [4.69, 9.17) is 20.0 Å². The summed E-state index contributed by atoms with van der Waals surface area (Å²) in [7, 11) is 0. The van der Waals surface area contributed by atoms with Crippen LogP contribution in [0.2, 0.25) is 0 Å². The maximum atomic E-state index is 9.90. The minimum atomic E-state index is -0.870. The normalized spacial score (nSPS) is 20.4. The lowest BCUT2D eigenvalue weighted by Crippen LogP contribution is -2.57. The van der Waals surface area contributed by atoms with E-state index in [0.717, 1.165) is 0 Å². The van der Waals surface area contributed by atoms with Gasteiger partial charge in [-0.15, -0.1) is 0 Å². The zero-order valence-corrected chi connectivity index (χ0v) is 12.9. The van der Waals surface area contributed by atoms with Crippen molar-refractivity contribution in [2.24, 2.45) is 5.41 Å². The van der Waals surface area contributed by atoms with Gasteiger partial charge in [-0.3, -0.25) is 9.59 Å². The molecule has 0 aromatic carbocycles. The summed E-state index contributed by atoms with van der Waals surface area (Å²) in [6.45, 7) is 10.6. The van der Waals surface area contributed by atoms with Gasteiger partial charge in [0.2, 0.25) is 0 Å². The lowest BCUT2D eigenvalue weighted by atomic mass is 9.79. The Morgan fingerprint density at radius 1 is 1.05 bits per heavy atom. The summed E-state index contributed by atoms with van der Waals surface area (Å²) in [5.41, 5.74) is 0.0833. The Balaban J connectivity index is 0.000000361. The summed E-state index contributed by atoms with van der Waals surface area (Å²) in [5.74, 6) is -1.74. The molecule has 0 bridgehead atoms. The smallest absolute Gasteiger partial charge is 0.303 e. The molecule has 0 aromatic rings. The molecule has 1 saturated heterocycles. The number of carboxylic acid groups (broad SMARTS) is 2. The topological polar surface area (TPSA) is 93.1 Å². The van der Waals surface area contributed by atoms with Crippen molar-refractivity contribution < 1.29 is 29.6 Å². The minimum Gasteiger partial charge on any atom is -0.481 e. The summed E-state index contributed by atoms with van der Waals surface area (Å²) in [6.07, 6.45) is 1.24. The van der Waals surface area contributed by atoms with Crippen LogP contribution < -0.4 is 0 Å². The molecule has 118 valence electrons. The first-order chi connectivity index (χ1) is 8.97. The molecule has 1 unspecified atom stereocenters. The van der Waals surface area contributed by atoms with Gasteiger partial charge >= 0.3 is 11.9 Å². The van der Waals surface area contributed by atoms with Crippen LogP contribution in [0.15, 0.2) is 0 Å². The van der Waals surface area contributed by atoms with Gasteiger partial charge in [0, 0.05) is 12.8 Å². The highest BCUT2D eigenvalue weighted by molar-refractivity contribution is 5.67. The van der Waals surface area contributed by atoms with Crippen LogP contribution in [0, 0.1) is 5.41 Å². The predicted molar refractivity (Wildman–Crippen MR) is 73.2 cm³/mol. The van der Waals surface area contributed by atoms with Gasteiger partial charge in [0.1, 0.15) is 11.7 Å². The van der Waals surface area contributed by atoms with Crippen molar-refractivity contribution in [3.63, 3.8) is 0 Å². The van der Waals surface area contributed by atoms with Gasteiger partial charge in [0.25, 0.3) is 0 Å².